The van der Waals surface area contributed by atoms with Gasteiger partial charge in [0, 0.05) is 22.8 Å². The van der Waals surface area contributed by atoms with Gasteiger partial charge in [-0.25, -0.2) is 18.4 Å². The van der Waals surface area contributed by atoms with Gasteiger partial charge in [0.15, 0.2) is 9.84 Å². The highest BCUT2D eigenvalue weighted by Crippen LogP contribution is 2.26. The summed E-state index contributed by atoms with van der Waals surface area (Å²) in [6.07, 6.45) is 1.69. The number of benzene rings is 3. The van der Waals surface area contributed by atoms with Gasteiger partial charge in [-0.15, -0.1) is 0 Å². The zero-order valence-electron chi connectivity index (χ0n) is 15.3. The Labute approximate surface area is 164 Å². The monoisotopic (exact) mass is 389 g/mol. The molecule has 6 heteroatoms. The topological polar surface area (TPSA) is 72.0 Å². The van der Waals surface area contributed by atoms with Crippen molar-refractivity contribution in [1.29, 1.82) is 0 Å². The van der Waals surface area contributed by atoms with Gasteiger partial charge in [-0.2, -0.15) is 0 Å². The fourth-order valence-corrected chi connectivity index (χ4v) is 3.92. The molecule has 0 aliphatic heterocycles. The predicted octanol–water partition coefficient (Wildman–Crippen LogP) is 4.83. The Balaban J connectivity index is 1.65. The summed E-state index contributed by atoms with van der Waals surface area (Å²) in [5.74, 6) is 0.568. The quantitative estimate of drug-likeness (QED) is 0.529. The summed E-state index contributed by atoms with van der Waals surface area (Å²) in [4.78, 5) is 9.23. The average molecular weight is 389 g/mol. The minimum Gasteiger partial charge on any atom is -0.324 e. The molecule has 0 amide bonds. The second kappa shape index (κ2) is 7.40. The molecule has 5 nitrogen and oxygen atoms in total. The van der Waals surface area contributed by atoms with Crippen LogP contribution < -0.4 is 5.32 Å². The van der Waals surface area contributed by atoms with Crippen LogP contribution in [0.1, 0.15) is 6.92 Å². The van der Waals surface area contributed by atoms with Crippen LogP contribution in [-0.2, 0) is 9.84 Å². The van der Waals surface area contributed by atoms with Gasteiger partial charge in [0.2, 0.25) is 5.95 Å². The number of sulfone groups is 1. The lowest BCUT2D eigenvalue weighted by Gasteiger charge is -2.10. The van der Waals surface area contributed by atoms with Gasteiger partial charge in [-0.1, -0.05) is 55.5 Å². The maximum atomic E-state index is 12.0. The van der Waals surface area contributed by atoms with Crippen LogP contribution in [0.15, 0.2) is 83.9 Å². The van der Waals surface area contributed by atoms with Crippen molar-refractivity contribution in [2.75, 3.05) is 11.1 Å². The third-order valence-corrected chi connectivity index (χ3v) is 6.33. The van der Waals surface area contributed by atoms with Crippen molar-refractivity contribution >= 4 is 32.2 Å². The zero-order chi connectivity index (χ0) is 19.6. The average Bonchev–Trinajstić information content (AvgIpc) is 2.74. The van der Waals surface area contributed by atoms with Gasteiger partial charge < -0.3 is 5.32 Å². The molecule has 0 radical (unpaired) electrons. The maximum absolute atomic E-state index is 12.0. The van der Waals surface area contributed by atoms with Crippen molar-refractivity contribution in [3.8, 4) is 11.3 Å². The molecule has 4 rings (SSSR count). The van der Waals surface area contributed by atoms with E-state index in [4.69, 9.17) is 0 Å². The Kier molecular flexibility index (Phi) is 4.79. The number of nitrogens with one attached hydrogen (secondary N) is 1. The Morgan fingerprint density at radius 1 is 0.893 bits per heavy atom. The lowest BCUT2D eigenvalue weighted by molar-refractivity contribution is 0.597. The predicted molar refractivity (Wildman–Crippen MR) is 112 cm³/mol. The maximum Gasteiger partial charge on any atom is 0.227 e. The van der Waals surface area contributed by atoms with E-state index in [0.29, 0.717) is 10.8 Å². The second-order valence-electron chi connectivity index (χ2n) is 6.34. The van der Waals surface area contributed by atoms with Crippen molar-refractivity contribution in [3.63, 3.8) is 0 Å². The number of rotatable bonds is 5. The van der Waals surface area contributed by atoms with E-state index in [9.17, 15) is 8.42 Å². The lowest BCUT2D eigenvalue weighted by atomic mass is 10.1. The van der Waals surface area contributed by atoms with Crippen LogP contribution in [0.2, 0.25) is 0 Å². The van der Waals surface area contributed by atoms with Gasteiger partial charge in [0.05, 0.1) is 16.3 Å². The van der Waals surface area contributed by atoms with Crippen LogP contribution in [0.3, 0.4) is 0 Å². The summed E-state index contributed by atoms with van der Waals surface area (Å²) in [7, 11) is -3.21. The van der Waals surface area contributed by atoms with Crippen LogP contribution in [0.5, 0.6) is 0 Å². The molecule has 0 unspecified atom stereocenters. The SMILES string of the molecule is CCS(=O)(=O)c1ccc(-c2ccnc(Nc3cccc4ccccc34)n2)cc1. The second-order valence-corrected chi connectivity index (χ2v) is 8.62. The van der Waals surface area contributed by atoms with E-state index in [1.54, 1.807) is 43.5 Å². The van der Waals surface area contributed by atoms with E-state index in [0.717, 1.165) is 27.7 Å². The molecule has 3 aromatic carbocycles. The minimum absolute atomic E-state index is 0.0823. The highest BCUT2D eigenvalue weighted by molar-refractivity contribution is 7.91. The summed E-state index contributed by atoms with van der Waals surface area (Å²) in [5, 5.41) is 5.51. The number of anilines is 2. The van der Waals surface area contributed by atoms with E-state index in [1.165, 1.54) is 0 Å². The van der Waals surface area contributed by atoms with Gasteiger partial charge in [0.1, 0.15) is 0 Å². The highest BCUT2D eigenvalue weighted by Gasteiger charge is 2.12. The number of aromatic nitrogens is 2. The van der Waals surface area contributed by atoms with Crippen LogP contribution in [0, 0.1) is 0 Å². The van der Waals surface area contributed by atoms with Crippen molar-refractivity contribution in [3.05, 3.63) is 79.0 Å². The Hall–Kier alpha value is -3.25. The van der Waals surface area contributed by atoms with Crippen LogP contribution >= 0.6 is 0 Å². The Morgan fingerprint density at radius 3 is 2.43 bits per heavy atom. The largest absolute Gasteiger partial charge is 0.324 e. The molecule has 1 N–H and O–H groups in total. The van der Waals surface area contributed by atoms with Crippen molar-refractivity contribution in [1.82, 2.24) is 9.97 Å². The smallest absolute Gasteiger partial charge is 0.227 e. The van der Waals surface area contributed by atoms with Crippen molar-refractivity contribution in [2.24, 2.45) is 0 Å². The summed E-state index contributed by atoms with van der Waals surface area (Å²) in [6.45, 7) is 1.64. The molecule has 0 saturated carbocycles. The van der Waals surface area contributed by atoms with Gasteiger partial charge >= 0.3 is 0 Å². The molecule has 0 aliphatic rings. The first-order valence-corrected chi connectivity index (χ1v) is 10.6. The molecule has 28 heavy (non-hydrogen) atoms. The zero-order valence-corrected chi connectivity index (χ0v) is 16.1. The third-order valence-electron chi connectivity index (χ3n) is 4.58. The number of nitrogens with zero attached hydrogens (tertiary/aromatic N) is 2. The third kappa shape index (κ3) is 3.59. The molecule has 0 spiro atoms. The highest BCUT2D eigenvalue weighted by atomic mass is 32.2. The molecule has 0 fully saturated rings. The molecular formula is C22H19N3O2S. The first kappa shape index (κ1) is 18.1. The Bertz CT molecular complexity index is 1230. The molecule has 1 heterocycles. The standard InChI is InChI=1S/C22H19N3O2S/c1-2-28(26,27)18-12-10-17(11-13-18)20-14-15-23-22(24-20)25-21-9-5-7-16-6-3-4-8-19(16)21/h3-15H,2H2,1H3,(H,23,24,25). The molecule has 0 aliphatic carbocycles. The summed E-state index contributed by atoms with van der Waals surface area (Å²) >= 11 is 0. The molecular weight excluding hydrogens is 370 g/mol. The number of fused-ring (bicyclic) bond motifs is 1. The van der Waals surface area contributed by atoms with E-state index < -0.39 is 9.84 Å². The lowest BCUT2D eigenvalue weighted by Crippen LogP contribution is -2.03. The van der Waals surface area contributed by atoms with E-state index in [2.05, 4.69) is 33.5 Å². The fraction of sp³-hybridized carbons (Fsp3) is 0.0909. The normalized spacial score (nSPS) is 11.5. The molecule has 0 saturated heterocycles. The first-order chi connectivity index (χ1) is 13.6. The van der Waals surface area contributed by atoms with Gasteiger partial charge in [0.25, 0.3) is 0 Å². The van der Waals surface area contributed by atoms with Gasteiger partial charge in [-0.3, -0.25) is 0 Å². The Morgan fingerprint density at radius 2 is 1.64 bits per heavy atom. The number of hydrogen-bond donors (Lipinski definition) is 1. The van der Waals surface area contributed by atoms with Crippen molar-refractivity contribution < 1.29 is 8.42 Å². The fourth-order valence-electron chi connectivity index (χ4n) is 3.03. The summed E-state index contributed by atoms with van der Waals surface area (Å²) < 4.78 is 24.0. The van der Waals surface area contributed by atoms with Gasteiger partial charge in [-0.05, 0) is 29.7 Å². The first-order valence-electron chi connectivity index (χ1n) is 8.98. The molecule has 4 aromatic rings. The molecule has 1 aromatic heterocycles. The van der Waals surface area contributed by atoms with Crippen LogP contribution in [0.4, 0.5) is 11.6 Å². The molecule has 0 bridgehead atoms. The van der Waals surface area contributed by atoms with E-state index in [1.807, 2.05) is 24.3 Å². The van der Waals surface area contributed by atoms with Crippen molar-refractivity contribution in [2.45, 2.75) is 11.8 Å². The molecule has 0 atom stereocenters. The van der Waals surface area contributed by atoms with E-state index >= 15 is 0 Å². The number of hydrogen-bond acceptors (Lipinski definition) is 5. The van der Waals surface area contributed by atoms with Crippen LogP contribution in [0.25, 0.3) is 22.0 Å². The minimum atomic E-state index is -3.21. The summed E-state index contributed by atoms with van der Waals surface area (Å²) in [6, 6.07) is 22.7. The van der Waals surface area contributed by atoms with E-state index in [-0.39, 0.29) is 5.75 Å². The molecule has 140 valence electrons. The van der Waals surface area contributed by atoms with Crippen LogP contribution in [-0.4, -0.2) is 24.1 Å². The summed E-state index contributed by atoms with van der Waals surface area (Å²) in [5.41, 5.74) is 2.48.